The van der Waals surface area contributed by atoms with Crippen molar-refractivity contribution < 1.29 is 56.4 Å². The maximum Gasteiger partial charge on any atom is 0.351 e. The Morgan fingerprint density at radius 1 is 0.661 bits per heavy atom. The molecule has 4 heterocycles. The molecule has 2 aliphatic heterocycles. The number of hydrogen-bond donors (Lipinski definition) is 2. The van der Waals surface area contributed by atoms with Crippen LogP contribution >= 0.6 is 0 Å². The van der Waals surface area contributed by atoms with Crippen molar-refractivity contribution in [1.29, 1.82) is 0 Å². The van der Waals surface area contributed by atoms with Crippen molar-refractivity contribution >= 4 is 35.5 Å². The third-order valence-corrected chi connectivity index (χ3v) is 8.72. The summed E-state index contributed by atoms with van der Waals surface area (Å²) in [6.07, 6.45) is -5.38. The van der Waals surface area contributed by atoms with Crippen molar-refractivity contribution in [2.45, 2.75) is 117 Å². The van der Waals surface area contributed by atoms with Crippen molar-refractivity contribution in [3.8, 4) is 0 Å². The summed E-state index contributed by atoms with van der Waals surface area (Å²) in [5.74, 6) is -4.13. The monoisotopic (exact) mass is 798 g/mol. The molecule has 4 N–H and O–H groups in total. The minimum atomic E-state index is -2.29. The molecular formula is C36H52F2N6O12. The van der Waals surface area contributed by atoms with E-state index in [1.165, 1.54) is 24.5 Å². The minimum Gasteiger partial charge on any atom is -0.463 e. The molecule has 0 aliphatic carbocycles. The number of aromatic nitrogens is 4. The maximum absolute atomic E-state index is 15.7. The number of carbonyl (C=O) groups is 4. The number of rotatable bonds is 12. The molecule has 0 amide bonds. The van der Waals surface area contributed by atoms with Crippen LogP contribution in [0.15, 0.2) is 34.1 Å². The molecular weight excluding hydrogens is 746 g/mol. The molecule has 0 bridgehead atoms. The van der Waals surface area contributed by atoms with Gasteiger partial charge in [-0.25, -0.2) is 18.4 Å². The molecule has 312 valence electrons. The highest BCUT2D eigenvalue weighted by molar-refractivity contribution is 5.73. The van der Waals surface area contributed by atoms with Gasteiger partial charge in [0.25, 0.3) is 0 Å². The predicted octanol–water partition coefficient (Wildman–Crippen LogP) is 2.44. The third-order valence-electron chi connectivity index (χ3n) is 8.72. The Morgan fingerprint density at radius 3 is 1.23 bits per heavy atom. The van der Waals surface area contributed by atoms with Crippen LogP contribution in [0.2, 0.25) is 0 Å². The predicted molar refractivity (Wildman–Crippen MR) is 194 cm³/mol. The van der Waals surface area contributed by atoms with E-state index in [1.807, 2.05) is 0 Å². The van der Waals surface area contributed by atoms with E-state index in [0.717, 1.165) is 23.0 Å². The van der Waals surface area contributed by atoms with Crippen LogP contribution in [0.4, 0.5) is 20.4 Å². The zero-order valence-corrected chi connectivity index (χ0v) is 33.1. The van der Waals surface area contributed by atoms with Crippen molar-refractivity contribution in [1.82, 2.24) is 19.1 Å². The number of nitrogens with zero attached hydrogens (tertiary/aromatic N) is 4. The van der Waals surface area contributed by atoms with Crippen LogP contribution < -0.4 is 22.8 Å². The summed E-state index contributed by atoms with van der Waals surface area (Å²) in [4.78, 5) is 79.2. The van der Waals surface area contributed by atoms with Crippen LogP contribution in [0.3, 0.4) is 0 Å². The molecule has 0 spiro atoms. The van der Waals surface area contributed by atoms with Crippen molar-refractivity contribution in [3.05, 3.63) is 45.5 Å². The van der Waals surface area contributed by atoms with Gasteiger partial charge in [0, 0.05) is 12.4 Å². The Hall–Kier alpha value is -4.98. The van der Waals surface area contributed by atoms with Gasteiger partial charge in [0.15, 0.2) is 36.0 Å². The molecule has 0 unspecified atom stereocenters. The summed E-state index contributed by atoms with van der Waals surface area (Å²) >= 11 is 0. The van der Waals surface area contributed by atoms with Crippen LogP contribution in [-0.2, 0) is 47.6 Å². The zero-order valence-electron chi connectivity index (χ0n) is 33.1. The maximum atomic E-state index is 15.7. The molecule has 8 atom stereocenters. The lowest BCUT2D eigenvalue weighted by Gasteiger charge is -2.28. The largest absolute Gasteiger partial charge is 0.463 e. The molecule has 20 heteroatoms. The lowest BCUT2D eigenvalue weighted by Crippen LogP contribution is -2.46. The average molecular weight is 799 g/mol. The molecule has 0 saturated carbocycles. The minimum absolute atomic E-state index is 0.0231. The smallest absolute Gasteiger partial charge is 0.351 e. The average Bonchev–Trinajstić information content (AvgIpc) is 3.49. The number of nitrogens with two attached hydrogens (primary N) is 2. The number of nitrogen functional groups attached to an aromatic ring is 2. The number of ether oxygens (including phenoxy) is 6. The second-order valence-electron chi connectivity index (χ2n) is 15.0. The third kappa shape index (κ3) is 10.7. The molecule has 56 heavy (non-hydrogen) atoms. The summed E-state index contributed by atoms with van der Waals surface area (Å²) in [7, 11) is 0. The first-order chi connectivity index (χ1) is 25.9. The van der Waals surface area contributed by atoms with Crippen LogP contribution in [0.1, 0.15) is 81.7 Å². The van der Waals surface area contributed by atoms with Gasteiger partial charge in [-0.3, -0.25) is 28.3 Å². The number of halogens is 2. The topological polar surface area (TPSA) is 245 Å². The molecule has 0 aromatic carbocycles. The highest BCUT2D eigenvalue weighted by Gasteiger charge is 2.60. The summed E-state index contributed by atoms with van der Waals surface area (Å²) in [6.45, 7) is 14.7. The normalized spacial score (nSPS) is 27.2. The fraction of sp³-hybridized carbons (Fsp3) is 0.667. The van der Waals surface area contributed by atoms with Gasteiger partial charge in [0.1, 0.15) is 37.1 Å². The number of carbonyl (C=O) groups excluding carboxylic acids is 4. The number of anilines is 2. The Bertz CT molecular complexity index is 1720. The fourth-order valence-electron chi connectivity index (χ4n) is 5.45. The Morgan fingerprint density at radius 2 is 0.964 bits per heavy atom. The first kappa shape index (κ1) is 45.4. The molecule has 2 aromatic heterocycles. The first-order valence-corrected chi connectivity index (χ1v) is 18.0. The molecule has 2 aliphatic rings. The summed E-state index contributed by atoms with van der Waals surface area (Å²) in [6, 6.07) is 2.64. The van der Waals surface area contributed by atoms with Crippen LogP contribution in [0.5, 0.6) is 0 Å². The van der Waals surface area contributed by atoms with E-state index in [-0.39, 0.29) is 24.8 Å². The van der Waals surface area contributed by atoms with Crippen molar-refractivity contribution in [3.63, 3.8) is 0 Å². The van der Waals surface area contributed by atoms with E-state index in [4.69, 9.17) is 39.9 Å². The highest BCUT2D eigenvalue weighted by Crippen LogP contribution is 2.44. The molecule has 4 rings (SSSR count). The van der Waals surface area contributed by atoms with Gasteiger partial charge >= 0.3 is 35.3 Å². The molecule has 0 radical (unpaired) electrons. The fourth-order valence-corrected chi connectivity index (χ4v) is 5.45. The Balaban J connectivity index is 0.000000300. The number of alkyl halides is 2. The van der Waals surface area contributed by atoms with E-state index in [0.29, 0.717) is 0 Å². The standard InChI is InChI=1S/2C18H26FN3O6/c2*1-9(2)14(23)26-8-11-13(28-15(24)10(3)4)18(5,19)16(27-11)22-7-6-12(20)21-17(22)25/h2*6-7,9-11,13,16H,8H2,1-5H3,(H2,20,21,25)/t2*11-,13-,16-,18-/m11/s1. The van der Waals surface area contributed by atoms with Crippen molar-refractivity contribution in [2.24, 2.45) is 23.7 Å². The van der Waals surface area contributed by atoms with Gasteiger partial charge in [-0.2, -0.15) is 9.97 Å². The zero-order chi connectivity index (χ0) is 42.4. The van der Waals surface area contributed by atoms with E-state index in [9.17, 15) is 28.8 Å². The van der Waals surface area contributed by atoms with Gasteiger partial charge in [-0.15, -0.1) is 0 Å². The first-order valence-electron chi connectivity index (χ1n) is 18.0. The second-order valence-corrected chi connectivity index (χ2v) is 15.0. The van der Waals surface area contributed by atoms with Crippen LogP contribution in [0, 0.1) is 23.7 Å². The van der Waals surface area contributed by atoms with Gasteiger partial charge in [-0.1, -0.05) is 55.4 Å². The van der Waals surface area contributed by atoms with Crippen LogP contribution in [-0.4, -0.2) is 91.9 Å². The van der Waals surface area contributed by atoms with Gasteiger partial charge < -0.3 is 39.9 Å². The van der Waals surface area contributed by atoms with Crippen LogP contribution in [0.25, 0.3) is 0 Å². The molecule has 2 fully saturated rings. The summed E-state index contributed by atoms with van der Waals surface area (Å²) in [5.41, 5.74) is 4.73. The summed E-state index contributed by atoms with van der Waals surface area (Å²) < 4.78 is 65.5. The Kier molecular flexibility index (Phi) is 14.8. The van der Waals surface area contributed by atoms with Gasteiger partial charge in [0.05, 0.1) is 23.7 Å². The van der Waals surface area contributed by atoms with Gasteiger partial charge in [-0.05, 0) is 26.0 Å². The summed E-state index contributed by atoms with van der Waals surface area (Å²) in [5, 5.41) is 0. The quantitative estimate of drug-likeness (QED) is 0.231. The SMILES string of the molecule is CC(C)C(=O)OC[C@H]1O[C@@H](n2ccc(N)nc2=O)[C@](C)(F)[C@@H]1OC(=O)C(C)C.CC(C)C(=O)OC[C@H]1O[C@@H](n2ccc(N)nc2=O)[C@](C)(F)[C@@H]1OC(=O)C(C)C. The van der Waals surface area contributed by atoms with E-state index >= 15 is 8.78 Å². The van der Waals surface area contributed by atoms with Crippen molar-refractivity contribution in [2.75, 3.05) is 24.7 Å². The van der Waals surface area contributed by atoms with E-state index < -0.39 is 107 Å². The van der Waals surface area contributed by atoms with E-state index in [1.54, 1.807) is 55.4 Å². The lowest BCUT2D eigenvalue weighted by atomic mass is 9.98. The highest BCUT2D eigenvalue weighted by atomic mass is 19.1. The lowest BCUT2D eigenvalue weighted by molar-refractivity contribution is -0.166. The number of hydrogen-bond acceptors (Lipinski definition) is 16. The molecule has 2 saturated heterocycles. The molecule has 2 aromatic rings. The molecule has 18 nitrogen and oxygen atoms in total. The van der Waals surface area contributed by atoms with Gasteiger partial charge in [0.2, 0.25) is 0 Å². The second kappa shape index (κ2) is 18.3. The Labute approximate surface area is 322 Å². The van der Waals surface area contributed by atoms with E-state index in [2.05, 4.69) is 9.97 Å². The number of esters is 4.